The number of hydrogen-bond acceptors (Lipinski definition) is 5. The second kappa shape index (κ2) is 6.93. The Kier molecular flexibility index (Phi) is 5.22. The summed E-state index contributed by atoms with van der Waals surface area (Å²) in [6.07, 6.45) is 0. The molecule has 1 aromatic heterocycles. The van der Waals surface area contributed by atoms with Crippen molar-refractivity contribution in [2.45, 2.75) is 23.5 Å². The van der Waals surface area contributed by atoms with Crippen molar-refractivity contribution in [3.05, 3.63) is 49.5 Å². The number of nitrogens with zero attached hydrogens (tertiary/aromatic N) is 2. The minimum absolute atomic E-state index is 0.376. The molecule has 2 N–H and O–H groups in total. The number of rotatable bonds is 5. The van der Waals surface area contributed by atoms with Crippen molar-refractivity contribution in [2.75, 3.05) is 6.54 Å². The van der Waals surface area contributed by atoms with E-state index in [1.165, 1.54) is 16.4 Å². The Balaban J connectivity index is 2.26. The number of H-pyrrole nitrogens is 1. The van der Waals surface area contributed by atoms with Gasteiger partial charge in [-0.3, -0.25) is 19.4 Å². The number of halogens is 1. The summed E-state index contributed by atoms with van der Waals surface area (Å²) in [5, 5.41) is 6.57. The number of aromatic amines is 1. The highest BCUT2D eigenvalue weighted by molar-refractivity contribution is 7.99. The van der Waals surface area contributed by atoms with Gasteiger partial charge in [0.25, 0.3) is 0 Å². The van der Waals surface area contributed by atoms with E-state index in [9.17, 15) is 9.59 Å². The first-order valence-corrected chi connectivity index (χ1v) is 7.55. The van der Waals surface area contributed by atoms with Crippen LogP contribution in [0.2, 0.25) is 5.02 Å². The van der Waals surface area contributed by atoms with Crippen LogP contribution in [-0.4, -0.2) is 21.3 Å². The van der Waals surface area contributed by atoms with E-state index in [2.05, 4.69) is 15.4 Å². The highest BCUT2D eigenvalue weighted by Crippen LogP contribution is 2.31. The average molecular weight is 327 g/mol. The Hall–Kier alpha value is -1.57. The molecule has 0 unspecified atom stereocenters. The van der Waals surface area contributed by atoms with E-state index in [1.54, 1.807) is 7.05 Å². The third kappa shape index (κ3) is 3.96. The van der Waals surface area contributed by atoms with E-state index in [0.717, 1.165) is 23.5 Å². The summed E-state index contributed by atoms with van der Waals surface area (Å²) in [6.45, 7) is 3.67. The van der Waals surface area contributed by atoms with Gasteiger partial charge < -0.3 is 5.32 Å². The third-order valence-corrected chi connectivity index (χ3v) is 4.27. The second-order valence-corrected chi connectivity index (χ2v) is 5.76. The molecular formula is C13H15ClN4O2S. The van der Waals surface area contributed by atoms with E-state index in [-0.39, 0.29) is 0 Å². The third-order valence-electron chi connectivity index (χ3n) is 2.72. The van der Waals surface area contributed by atoms with Crippen LogP contribution in [0.25, 0.3) is 0 Å². The van der Waals surface area contributed by atoms with E-state index in [0.29, 0.717) is 10.2 Å². The van der Waals surface area contributed by atoms with Crippen LogP contribution in [0, 0.1) is 0 Å². The lowest BCUT2D eigenvalue weighted by Gasteiger charge is -2.09. The van der Waals surface area contributed by atoms with Gasteiger partial charge in [0.15, 0.2) is 5.16 Å². The molecule has 112 valence electrons. The number of hydrogen-bond donors (Lipinski definition) is 2. The molecule has 0 fully saturated rings. The summed E-state index contributed by atoms with van der Waals surface area (Å²) in [5.74, 6) is 0. The number of aryl methyl sites for hydroxylation is 1. The molecule has 0 bridgehead atoms. The van der Waals surface area contributed by atoms with Crippen molar-refractivity contribution in [1.29, 1.82) is 0 Å². The van der Waals surface area contributed by atoms with Gasteiger partial charge in [-0.15, -0.1) is 0 Å². The van der Waals surface area contributed by atoms with E-state index < -0.39 is 11.1 Å². The van der Waals surface area contributed by atoms with Crippen LogP contribution in [0.4, 0.5) is 0 Å². The molecular weight excluding hydrogens is 312 g/mol. The fourth-order valence-corrected chi connectivity index (χ4v) is 2.78. The number of aromatic nitrogens is 3. The lowest BCUT2D eigenvalue weighted by molar-refractivity contribution is 0.596. The lowest BCUT2D eigenvalue weighted by Crippen LogP contribution is -2.33. The topological polar surface area (TPSA) is 79.8 Å². The molecule has 2 rings (SSSR count). The summed E-state index contributed by atoms with van der Waals surface area (Å²) in [4.78, 5) is 27.0. The maximum absolute atomic E-state index is 11.3. The highest BCUT2D eigenvalue weighted by Gasteiger charge is 2.09. The largest absolute Gasteiger partial charge is 0.339 e. The van der Waals surface area contributed by atoms with Gasteiger partial charge in [-0.25, -0.2) is 0 Å². The minimum atomic E-state index is -0.810. The fourth-order valence-electron chi connectivity index (χ4n) is 1.66. The van der Waals surface area contributed by atoms with Crippen molar-refractivity contribution in [2.24, 2.45) is 7.05 Å². The molecule has 0 saturated heterocycles. The average Bonchev–Trinajstić information content (AvgIpc) is 2.45. The molecule has 6 nitrogen and oxygen atoms in total. The first-order valence-electron chi connectivity index (χ1n) is 6.35. The molecule has 0 radical (unpaired) electrons. The monoisotopic (exact) mass is 326 g/mol. The number of nitrogens with one attached hydrogen (secondary N) is 2. The molecule has 2 aromatic rings. The zero-order chi connectivity index (χ0) is 15.4. The van der Waals surface area contributed by atoms with Gasteiger partial charge >= 0.3 is 11.1 Å². The summed E-state index contributed by atoms with van der Waals surface area (Å²) in [6, 6.07) is 5.70. The quantitative estimate of drug-likeness (QED) is 0.812. The maximum atomic E-state index is 11.3. The summed E-state index contributed by atoms with van der Waals surface area (Å²) < 4.78 is 1.40. The number of benzene rings is 1. The predicted molar refractivity (Wildman–Crippen MR) is 83.1 cm³/mol. The van der Waals surface area contributed by atoms with Gasteiger partial charge in [0, 0.05) is 18.5 Å². The van der Waals surface area contributed by atoms with E-state index in [1.807, 2.05) is 25.1 Å². The Morgan fingerprint density at radius 2 is 2.19 bits per heavy atom. The van der Waals surface area contributed by atoms with Crippen LogP contribution >= 0.6 is 23.4 Å². The molecule has 0 saturated carbocycles. The van der Waals surface area contributed by atoms with Crippen molar-refractivity contribution in [3.8, 4) is 0 Å². The van der Waals surface area contributed by atoms with Gasteiger partial charge in [0.2, 0.25) is 0 Å². The Labute approximate surface area is 130 Å². The van der Waals surface area contributed by atoms with Crippen molar-refractivity contribution in [3.63, 3.8) is 0 Å². The maximum Gasteiger partial charge on any atom is 0.339 e. The zero-order valence-corrected chi connectivity index (χ0v) is 13.2. The van der Waals surface area contributed by atoms with Crippen LogP contribution in [0.5, 0.6) is 0 Å². The normalized spacial score (nSPS) is 10.8. The van der Waals surface area contributed by atoms with Gasteiger partial charge in [0.1, 0.15) is 0 Å². The molecule has 0 aliphatic heterocycles. The van der Waals surface area contributed by atoms with E-state index in [4.69, 9.17) is 11.6 Å². The van der Waals surface area contributed by atoms with Gasteiger partial charge in [0.05, 0.1) is 5.02 Å². The Morgan fingerprint density at radius 1 is 1.43 bits per heavy atom. The van der Waals surface area contributed by atoms with Crippen molar-refractivity contribution >= 4 is 23.4 Å². The van der Waals surface area contributed by atoms with Crippen molar-refractivity contribution < 1.29 is 0 Å². The van der Waals surface area contributed by atoms with Gasteiger partial charge in [-0.2, -0.15) is 4.98 Å². The smallest absolute Gasteiger partial charge is 0.313 e. The molecule has 0 aliphatic rings. The second-order valence-electron chi connectivity index (χ2n) is 4.35. The first kappa shape index (κ1) is 15.8. The van der Waals surface area contributed by atoms with Crippen LogP contribution < -0.4 is 16.4 Å². The molecule has 8 heteroatoms. The molecule has 1 aromatic carbocycles. The van der Waals surface area contributed by atoms with Crippen LogP contribution in [0.1, 0.15) is 12.5 Å². The van der Waals surface area contributed by atoms with Crippen LogP contribution in [0.15, 0.2) is 37.8 Å². The van der Waals surface area contributed by atoms with Gasteiger partial charge in [-0.1, -0.05) is 24.6 Å². The molecule has 21 heavy (non-hydrogen) atoms. The van der Waals surface area contributed by atoms with Crippen LogP contribution in [0.3, 0.4) is 0 Å². The van der Waals surface area contributed by atoms with E-state index >= 15 is 0 Å². The summed E-state index contributed by atoms with van der Waals surface area (Å²) in [5.41, 5.74) is -0.473. The summed E-state index contributed by atoms with van der Waals surface area (Å²) in [7, 11) is 1.61. The standard InChI is InChI=1S/C13H15ClN4O2S/c1-3-15-7-8-4-5-10(9(14)6-8)21-13-16-11(19)12(20)17-18(13)2/h4-6,15H,3,7H2,1-2H3,(H,17,20). The molecule has 0 spiro atoms. The van der Waals surface area contributed by atoms with Crippen LogP contribution in [-0.2, 0) is 13.6 Å². The molecule has 0 atom stereocenters. The van der Waals surface area contributed by atoms with Gasteiger partial charge in [-0.05, 0) is 36.0 Å². The highest BCUT2D eigenvalue weighted by atomic mass is 35.5. The Bertz CT molecular complexity index is 757. The minimum Gasteiger partial charge on any atom is -0.313 e. The van der Waals surface area contributed by atoms with Crippen molar-refractivity contribution in [1.82, 2.24) is 20.1 Å². The lowest BCUT2D eigenvalue weighted by atomic mass is 10.2. The molecule has 1 heterocycles. The Morgan fingerprint density at radius 3 is 2.86 bits per heavy atom. The predicted octanol–water partition coefficient (Wildman–Crippen LogP) is 1.38. The fraction of sp³-hybridized carbons (Fsp3) is 0.308. The SMILES string of the molecule is CCNCc1ccc(Sc2nc(=O)c(=O)[nH]n2C)c(Cl)c1. The zero-order valence-electron chi connectivity index (χ0n) is 11.6. The molecule has 0 amide bonds. The summed E-state index contributed by atoms with van der Waals surface area (Å²) >= 11 is 7.47. The first-order chi connectivity index (χ1) is 10.0. The molecule has 0 aliphatic carbocycles.